The van der Waals surface area contributed by atoms with Crippen molar-refractivity contribution in [3.05, 3.63) is 34.4 Å². The molecule has 4 heteroatoms. The van der Waals surface area contributed by atoms with Crippen molar-refractivity contribution in [1.29, 1.82) is 0 Å². The molecule has 1 rings (SSSR count). The minimum atomic E-state index is -1.19. The molecule has 0 aliphatic carbocycles. The van der Waals surface area contributed by atoms with E-state index in [9.17, 15) is 14.7 Å². The lowest BCUT2D eigenvalue weighted by atomic mass is 9.87. The van der Waals surface area contributed by atoms with E-state index in [1.54, 1.807) is 13.0 Å². The second-order valence-electron chi connectivity index (χ2n) is 5.50. The van der Waals surface area contributed by atoms with Gasteiger partial charge in [-0.15, -0.1) is 0 Å². The first-order valence-electron chi connectivity index (χ1n) is 7.51. The number of rotatable bonds is 8. The highest BCUT2D eigenvalue weighted by Gasteiger charge is 2.21. The van der Waals surface area contributed by atoms with Gasteiger partial charge in [0.2, 0.25) is 0 Å². The molecule has 0 radical (unpaired) electrons. The van der Waals surface area contributed by atoms with E-state index in [1.807, 2.05) is 0 Å². The molecular formula is C17H24O4. The number of hydrogen-bond donors (Lipinski definition) is 2. The summed E-state index contributed by atoms with van der Waals surface area (Å²) in [5.41, 5.74) is 1.31. The monoisotopic (exact) mass is 292 g/mol. The first kappa shape index (κ1) is 17.2. The molecule has 0 aliphatic heterocycles. The summed E-state index contributed by atoms with van der Waals surface area (Å²) in [5.74, 6) is -1.85. The molecule has 1 aromatic rings. The van der Waals surface area contributed by atoms with Gasteiger partial charge in [0.15, 0.2) is 0 Å². The highest BCUT2D eigenvalue weighted by atomic mass is 16.4. The van der Waals surface area contributed by atoms with Gasteiger partial charge in [0.25, 0.3) is 0 Å². The Bertz CT molecular complexity index is 520. The summed E-state index contributed by atoms with van der Waals surface area (Å²) in [6, 6.07) is 3.18. The van der Waals surface area contributed by atoms with Crippen molar-refractivity contribution in [2.45, 2.75) is 52.9 Å². The van der Waals surface area contributed by atoms with Crippen molar-refractivity contribution in [2.75, 3.05) is 0 Å². The molecule has 0 aromatic heterocycles. The smallest absolute Gasteiger partial charge is 0.336 e. The lowest BCUT2D eigenvalue weighted by Gasteiger charge is -2.17. The van der Waals surface area contributed by atoms with Crippen LogP contribution in [0.15, 0.2) is 12.1 Å². The Morgan fingerprint density at radius 1 is 1.14 bits per heavy atom. The van der Waals surface area contributed by atoms with E-state index in [0.29, 0.717) is 11.5 Å². The van der Waals surface area contributed by atoms with Gasteiger partial charge >= 0.3 is 11.9 Å². The third kappa shape index (κ3) is 4.31. The van der Waals surface area contributed by atoms with Crippen LogP contribution in [-0.2, 0) is 6.42 Å². The molecule has 0 saturated heterocycles. The minimum Gasteiger partial charge on any atom is -0.478 e. The van der Waals surface area contributed by atoms with Crippen molar-refractivity contribution in [3.63, 3.8) is 0 Å². The van der Waals surface area contributed by atoms with Gasteiger partial charge in [-0.05, 0) is 36.5 Å². The van der Waals surface area contributed by atoms with Crippen LogP contribution in [0.25, 0.3) is 0 Å². The molecule has 21 heavy (non-hydrogen) atoms. The van der Waals surface area contributed by atoms with E-state index >= 15 is 0 Å². The fourth-order valence-electron chi connectivity index (χ4n) is 2.68. The Hall–Kier alpha value is -1.84. The number of carboxylic acids is 2. The summed E-state index contributed by atoms with van der Waals surface area (Å²) in [6.45, 7) is 6.00. The van der Waals surface area contributed by atoms with Gasteiger partial charge in [0, 0.05) is 0 Å². The second-order valence-corrected chi connectivity index (χ2v) is 5.50. The van der Waals surface area contributed by atoms with Crippen LogP contribution in [0.2, 0.25) is 0 Å². The van der Waals surface area contributed by atoms with Crippen molar-refractivity contribution >= 4 is 11.9 Å². The SMILES string of the molecule is CCCCC(CC)Cc1ccc(C(=O)O)c(C(=O)O)c1C. The molecule has 0 spiro atoms. The van der Waals surface area contributed by atoms with Crippen LogP contribution in [0.4, 0.5) is 0 Å². The maximum absolute atomic E-state index is 11.4. The van der Waals surface area contributed by atoms with Crippen LogP contribution in [0.3, 0.4) is 0 Å². The maximum atomic E-state index is 11.4. The van der Waals surface area contributed by atoms with E-state index in [2.05, 4.69) is 13.8 Å². The predicted octanol–water partition coefficient (Wildman–Crippen LogP) is 4.15. The fraction of sp³-hybridized carbons (Fsp3) is 0.529. The Labute approximate surface area is 125 Å². The largest absolute Gasteiger partial charge is 0.478 e. The summed E-state index contributed by atoms with van der Waals surface area (Å²) in [4.78, 5) is 22.5. The number of carboxylic acid groups (broad SMARTS) is 2. The van der Waals surface area contributed by atoms with Gasteiger partial charge in [-0.2, -0.15) is 0 Å². The van der Waals surface area contributed by atoms with E-state index in [4.69, 9.17) is 5.11 Å². The van der Waals surface area contributed by atoms with E-state index in [-0.39, 0.29) is 11.1 Å². The lowest BCUT2D eigenvalue weighted by molar-refractivity contribution is 0.0650. The highest BCUT2D eigenvalue weighted by Crippen LogP contribution is 2.25. The summed E-state index contributed by atoms with van der Waals surface area (Å²) in [5, 5.41) is 18.4. The zero-order valence-electron chi connectivity index (χ0n) is 13.0. The number of hydrogen-bond acceptors (Lipinski definition) is 2. The normalized spacial score (nSPS) is 12.1. The number of carbonyl (C=O) groups is 2. The molecule has 2 N–H and O–H groups in total. The van der Waals surface area contributed by atoms with Crippen LogP contribution in [-0.4, -0.2) is 22.2 Å². The van der Waals surface area contributed by atoms with Crippen molar-refractivity contribution in [3.8, 4) is 0 Å². The topological polar surface area (TPSA) is 74.6 Å². The first-order valence-corrected chi connectivity index (χ1v) is 7.51. The van der Waals surface area contributed by atoms with Crippen LogP contribution in [0.1, 0.15) is 71.4 Å². The van der Waals surface area contributed by atoms with E-state index in [0.717, 1.165) is 37.7 Å². The molecule has 1 aromatic carbocycles. The average Bonchev–Trinajstić information content (AvgIpc) is 2.43. The van der Waals surface area contributed by atoms with Gasteiger partial charge in [-0.1, -0.05) is 45.6 Å². The second kappa shape index (κ2) is 7.81. The van der Waals surface area contributed by atoms with Gasteiger partial charge in [-0.25, -0.2) is 9.59 Å². The van der Waals surface area contributed by atoms with Gasteiger partial charge in [-0.3, -0.25) is 0 Å². The van der Waals surface area contributed by atoms with Crippen molar-refractivity contribution in [1.82, 2.24) is 0 Å². The molecule has 116 valence electrons. The molecule has 0 amide bonds. The minimum absolute atomic E-state index is 0.0784. The summed E-state index contributed by atoms with van der Waals surface area (Å²) >= 11 is 0. The molecule has 0 aliphatic rings. The first-order chi connectivity index (χ1) is 9.92. The van der Waals surface area contributed by atoms with Gasteiger partial charge in [0.05, 0.1) is 11.1 Å². The van der Waals surface area contributed by atoms with Crippen molar-refractivity contribution in [2.24, 2.45) is 5.92 Å². The fourth-order valence-corrected chi connectivity index (χ4v) is 2.68. The summed E-state index contributed by atoms with van der Waals surface area (Å²) in [7, 11) is 0. The van der Waals surface area contributed by atoms with Gasteiger partial charge < -0.3 is 10.2 Å². The third-order valence-electron chi connectivity index (χ3n) is 4.07. The zero-order valence-corrected chi connectivity index (χ0v) is 13.0. The highest BCUT2D eigenvalue weighted by molar-refractivity contribution is 6.03. The Morgan fingerprint density at radius 2 is 1.81 bits per heavy atom. The number of aromatic carboxylic acids is 2. The number of benzene rings is 1. The quantitative estimate of drug-likeness (QED) is 0.754. The Morgan fingerprint density at radius 3 is 2.29 bits per heavy atom. The molecule has 1 atom stereocenters. The molecular weight excluding hydrogens is 268 g/mol. The van der Waals surface area contributed by atoms with Crippen LogP contribution in [0, 0.1) is 12.8 Å². The maximum Gasteiger partial charge on any atom is 0.336 e. The van der Waals surface area contributed by atoms with Gasteiger partial charge in [0.1, 0.15) is 0 Å². The van der Waals surface area contributed by atoms with Crippen LogP contribution in [0.5, 0.6) is 0 Å². The summed E-state index contributed by atoms with van der Waals surface area (Å²) < 4.78 is 0. The molecule has 0 fully saturated rings. The number of unbranched alkanes of at least 4 members (excludes halogenated alkanes) is 1. The van der Waals surface area contributed by atoms with Crippen LogP contribution >= 0.6 is 0 Å². The molecule has 0 bridgehead atoms. The third-order valence-corrected chi connectivity index (χ3v) is 4.07. The van der Waals surface area contributed by atoms with E-state index in [1.165, 1.54) is 6.07 Å². The Balaban J connectivity index is 3.12. The Kier molecular flexibility index (Phi) is 6.40. The summed E-state index contributed by atoms with van der Waals surface area (Å²) in [6.07, 6.45) is 5.28. The predicted molar refractivity (Wildman–Crippen MR) is 82.1 cm³/mol. The molecule has 0 heterocycles. The zero-order chi connectivity index (χ0) is 16.0. The molecule has 1 unspecified atom stereocenters. The standard InChI is InChI=1S/C17H24O4/c1-4-6-7-12(5-2)10-13-8-9-14(16(18)19)15(11(13)3)17(20)21/h8-9,12H,4-7,10H2,1-3H3,(H,18,19)(H,20,21). The average molecular weight is 292 g/mol. The molecule has 4 nitrogen and oxygen atoms in total. The van der Waals surface area contributed by atoms with E-state index < -0.39 is 11.9 Å². The molecule has 0 saturated carbocycles. The lowest BCUT2D eigenvalue weighted by Crippen LogP contribution is -2.13. The van der Waals surface area contributed by atoms with Crippen LogP contribution < -0.4 is 0 Å². The van der Waals surface area contributed by atoms with Crippen molar-refractivity contribution < 1.29 is 19.8 Å².